The number of thiophene rings is 3. The number of ketones is 1. The molecule has 3 nitrogen and oxygen atoms in total. The summed E-state index contributed by atoms with van der Waals surface area (Å²) in [5, 5.41) is 3.86. The third-order valence-electron chi connectivity index (χ3n) is 3.19. The molecule has 0 aliphatic carbocycles. The fourth-order valence-electron chi connectivity index (χ4n) is 2.04. The average molecular weight is 375 g/mol. The second-order valence-corrected chi connectivity index (χ2v) is 8.18. The van der Waals surface area contributed by atoms with Crippen LogP contribution in [0.5, 0.6) is 0 Å². The van der Waals surface area contributed by atoms with Gasteiger partial charge in [0.2, 0.25) is 5.78 Å². The maximum atomic E-state index is 12.5. The van der Waals surface area contributed by atoms with Crippen molar-refractivity contribution in [1.29, 1.82) is 0 Å². The molecule has 3 aromatic rings. The lowest BCUT2D eigenvalue weighted by molar-refractivity contribution is -0.135. The molecule has 0 saturated carbocycles. The monoisotopic (exact) mass is 374 g/mol. The number of ether oxygens (including phenoxy) is 1. The van der Waals surface area contributed by atoms with Crippen molar-refractivity contribution < 1.29 is 14.3 Å². The van der Waals surface area contributed by atoms with Gasteiger partial charge in [0.05, 0.1) is 10.5 Å². The Morgan fingerprint density at radius 2 is 1.83 bits per heavy atom. The summed E-state index contributed by atoms with van der Waals surface area (Å²) < 4.78 is 5.26. The number of Topliss-reactive ketones (excluding diaryl/α,β-unsaturated/α-hetero) is 1. The predicted molar refractivity (Wildman–Crippen MR) is 101 cm³/mol. The van der Waals surface area contributed by atoms with Crippen LogP contribution in [0, 0.1) is 6.92 Å². The van der Waals surface area contributed by atoms with E-state index in [9.17, 15) is 9.59 Å². The van der Waals surface area contributed by atoms with E-state index in [4.69, 9.17) is 4.74 Å². The van der Waals surface area contributed by atoms with Crippen molar-refractivity contribution in [2.24, 2.45) is 0 Å². The molecule has 0 aliphatic rings. The Hall–Kier alpha value is -2.02. The minimum Gasteiger partial charge on any atom is -0.454 e. The van der Waals surface area contributed by atoms with Crippen molar-refractivity contribution in [1.82, 2.24) is 0 Å². The van der Waals surface area contributed by atoms with Crippen LogP contribution in [0.2, 0.25) is 0 Å². The summed E-state index contributed by atoms with van der Waals surface area (Å²) >= 11 is 4.42. The highest BCUT2D eigenvalue weighted by Gasteiger charge is 2.18. The number of aryl methyl sites for hydroxylation is 1. The summed E-state index contributed by atoms with van der Waals surface area (Å²) in [6, 6.07) is 11.3. The van der Waals surface area contributed by atoms with Crippen molar-refractivity contribution in [3.05, 3.63) is 66.7 Å². The Kier molecular flexibility index (Phi) is 5.40. The summed E-state index contributed by atoms with van der Waals surface area (Å²) in [6.45, 7) is 1.69. The van der Waals surface area contributed by atoms with E-state index in [-0.39, 0.29) is 12.4 Å². The first-order chi connectivity index (χ1) is 11.6. The Bertz CT molecular complexity index is 855. The molecule has 0 bridgehead atoms. The summed E-state index contributed by atoms with van der Waals surface area (Å²) in [4.78, 5) is 28.1. The lowest BCUT2D eigenvalue weighted by Crippen LogP contribution is -2.14. The van der Waals surface area contributed by atoms with Gasteiger partial charge in [-0.15, -0.1) is 34.0 Å². The van der Waals surface area contributed by atoms with Crippen LogP contribution >= 0.6 is 34.0 Å². The second-order valence-electron chi connectivity index (χ2n) is 4.96. The fraction of sp³-hybridized carbons (Fsp3) is 0.111. The smallest absolute Gasteiger partial charge is 0.340 e. The van der Waals surface area contributed by atoms with Crippen LogP contribution < -0.4 is 0 Å². The number of esters is 1. The molecule has 0 aliphatic heterocycles. The van der Waals surface area contributed by atoms with Gasteiger partial charge in [-0.05, 0) is 48.0 Å². The Balaban J connectivity index is 1.74. The zero-order chi connectivity index (χ0) is 16.9. The number of hydrogen-bond acceptors (Lipinski definition) is 6. The molecule has 0 N–H and O–H groups in total. The maximum Gasteiger partial charge on any atom is 0.340 e. The minimum atomic E-state index is -0.479. The minimum absolute atomic E-state index is 0.178. The van der Waals surface area contributed by atoms with Crippen molar-refractivity contribution >= 4 is 57.4 Å². The molecule has 6 heteroatoms. The van der Waals surface area contributed by atoms with E-state index in [1.54, 1.807) is 23.5 Å². The average Bonchev–Trinajstić information content (AvgIpc) is 3.31. The number of carbonyl (C=O) groups is 2. The van der Waals surface area contributed by atoms with E-state index in [0.29, 0.717) is 10.5 Å². The van der Waals surface area contributed by atoms with Gasteiger partial charge >= 0.3 is 5.97 Å². The molecule has 122 valence electrons. The van der Waals surface area contributed by atoms with Crippen molar-refractivity contribution in [2.75, 3.05) is 6.61 Å². The Morgan fingerprint density at radius 3 is 2.46 bits per heavy atom. The van der Waals surface area contributed by atoms with Crippen molar-refractivity contribution in [3.8, 4) is 0 Å². The van der Waals surface area contributed by atoms with Gasteiger partial charge in [0.15, 0.2) is 6.61 Å². The summed E-state index contributed by atoms with van der Waals surface area (Å²) in [7, 11) is 0. The predicted octanol–water partition coefficient (Wildman–Crippen LogP) is 5.15. The number of hydrogen-bond donors (Lipinski definition) is 0. The third kappa shape index (κ3) is 4.08. The fourth-order valence-corrected chi connectivity index (χ4v) is 4.22. The Morgan fingerprint density at radius 1 is 1.04 bits per heavy atom. The second kappa shape index (κ2) is 7.70. The van der Waals surface area contributed by atoms with Gasteiger partial charge < -0.3 is 4.74 Å². The van der Waals surface area contributed by atoms with Crippen LogP contribution in [-0.2, 0) is 9.53 Å². The molecule has 3 rings (SSSR count). The lowest BCUT2D eigenvalue weighted by Gasteiger charge is -2.06. The largest absolute Gasteiger partial charge is 0.454 e. The molecule has 3 aromatic heterocycles. The van der Waals surface area contributed by atoms with Gasteiger partial charge in [-0.2, -0.15) is 0 Å². The van der Waals surface area contributed by atoms with Gasteiger partial charge in [0.1, 0.15) is 0 Å². The van der Waals surface area contributed by atoms with Gasteiger partial charge in [-0.1, -0.05) is 12.1 Å². The quantitative estimate of drug-likeness (QED) is 0.341. The molecule has 0 unspecified atom stereocenters. The molecule has 0 amide bonds. The zero-order valence-electron chi connectivity index (χ0n) is 12.9. The number of rotatable bonds is 6. The van der Waals surface area contributed by atoms with Crippen molar-refractivity contribution in [2.45, 2.75) is 6.92 Å². The molecule has 3 heterocycles. The standard InChI is InChI=1S/C18H14O3S3/c1-12-6-7-17(24-12)15(19)11-21-18(20)14(16-5-3-9-23-16)10-13-4-2-8-22-13/h2-10H,11H2,1H3/b14-10+. The van der Waals surface area contributed by atoms with Crippen LogP contribution in [0.4, 0.5) is 0 Å². The highest BCUT2D eigenvalue weighted by atomic mass is 32.1. The molecular formula is C18H14O3S3. The molecule has 0 fully saturated rings. The van der Waals surface area contributed by atoms with Gasteiger partial charge in [-0.3, -0.25) is 4.79 Å². The van der Waals surface area contributed by atoms with E-state index in [2.05, 4.69) is 0 Å². The van der Waals surface area contributed by atoms with Gasteiger partial charge in [-0.25, -0.2) is 4.79 Å². The molecular weight excluding hydrogens is 360 g/mol. The first-order valence-electron chi connectivity index (χ1n) is 7.19. The maximum absolute atomic E-state index is 12.5. The lowest BCUT2D eigenvalue weighted by atomic mass is 10.2. The first-order valence-corrected chi connectivity index (χ1v) is 9.77. The Labute approximate surface area is 151 Å². The van der Waals surface area contributed by atoms with Crippen LogP contribution in [0.3, 0.4) is 0 Å². The SMILES string of the molecule is Cc1ccc(C(=O)COC(=O)/C(=C/c2cccs2)c2cccs2)s1. The molecule has 0 spiro atoms. The van der Waals surface area contributed by atoms with E-state index >= 15 is 0 Å². The molecule has 0 saturated heterocycles. The van der Waals surface area contributed by atoms with Crippen LogP contribution in [0.25, 0.3) is 11.6 Å². The summed E-state index contributed by atoms with van der Waals surface area (Å²) in [5.74, 6) is -0.657. The highest BCUT2D eigenvalue weighted by Crippen LogP contribution is 2.26. The van der Waals surface area contributed by atoms with Crippen LogP contribution in [0.1, 0.15) is 24.3 Å². The molecule has 0 atom stereocenters. The topological polar surface area (TPSA) is 43.4 Å². The van der Waals surface area contributed by atoms with Crippen LogP contribution in [-0.4, -0.2) is 18.4 Å². The molecule has 0 aromatic carbocycles. The normalized spacial score (nSPS) is 11.5. The zero-order valence-corrected chi connectivity index (χ0v) is 15.3. The van der Waals surface area contributed by atoms with Crippen molar-refractivity contribution in [3.63, 3.8) is 0 Å². The number of carbonyl (C=O) groups excluding carboxylic acids is 2. The van der Waals surface area contributed by atoms with E-state index in [0.717, 1.165) is 14.6 Å². The van der Waals surface area contributed by atoms with E-state index in [1.165, 1.54) is 22.7 Å². The van der Waals surface area contributed by atoms with E-state index in [1.807, 2.05) is 48.0 Å². The first kappa shape index (κ1) is 16.8. The van der Waals surface area contributed by atoms with Crippen LogP contribution in [0.15, 0.2) is 47.2 Å². The summed E-state index contributed by atoms with van der Waals surface area (Å²) in [5.41, 5.74) is 0.475. The highest BCUT2D eigenvalue weighted by molar-refractivity contribution is 7.14. The van der Waals surface area contributed by atoms with Gasteiger partial charge in [0.25, 0.3) is 0 Å². The van der Waals surface area contributed by atoms with Gasteiger partial charge in [0, 0.05) is 14.6 Å². The molecule has 24 heavy (non-hydrogen) atoms. The molecule has 0 radical (unpaired) electrons. The van der Waals surface area contributed by atoms with E-state index < -0.39 is 5.97 Å². The summed E-state index contributed by atoms with van der Waals surface area (Å²) in [6.07, 6.45) is 1.80. The third-order valence-corrected chi connectivity index (χ3v) is 5.95.